The first-order chi connectivity index (χ1) is 15.7. The van der Waals surface area contributed by atoms with Gasteiger partial charge >= 0.3 is 6.03 Å². The standard InChI is InChI=1S/C25H31N3O5/c1-25(2,3)27-24(30)28-13-18(17-7-5-6-8-20(17)31-4)19(14-28)23(29)26-12-16-9-10-21-22(11-16)33-15-32-21/h5-11,18-19H,12-15H2,1-4H3,(H,26,29)(H,27,30)/t18-,19-/m1/s1. The van der Waals surface area contributed by atoms with Gasteiger partial charge in [0.15, 0.2) is 11.5 Å². The van der Waals surface area contributed by atoms with Crippen LogP contribution in [-0.4, -0.2) is 49.4 Å². The van der Waals surface area contributed by atoms with Gasteiger partial charge in [-0.05, 0) is 50.1 Å². The van der Waals surface area contributed by atoms with E-state index in [0.29, 0.717) is 36.9 Å². The van der Waals surface area contributed by atoms with Gasteiger partial charge in [-0.3, -0.25) is 4.79 Å². The normalized spacial score (nSPS) is 19.3. The molecule has 4 rings (SSSR count). The zero-order valence-electron chi connectivity index (χ0n) is 19.5. The first kappa shape index (κ1) is 22.8. The Bertz CT molecular complexity index is 1030. The van der Waals surface area contributed by atoms with Crippen molar-refractivity contribution in [2.45, 2.75) is 38.8 Å². The molecule has 8 nitrogen and oxygen atoms in total. The third-order valence-corrected chi connectivity index (χ3v) is 5.87. The molecule has 1 fully saturated rings. The van der Waals surface area contributed by atoms with Crippen molar-refractivity contribution >= 4 is 11.9 Å². The highest BCUT2D eigenvalue weighted by atomic mass is 16.7. The molecule has 2 aliphatic rings. The minimum Gasteiger partial charge on any atom is -0.496 e. The van der Waals surface area contributed by atoms with Gasteiger partial charge in [0.1, 0.15) is 5.75 Å². The minimum atomic E-state index is -0.402. The number of carbonyl (C=O) groups excluding carboxylic acids is 2. The first-order valence-corrected chi connectivity index (χ1v) is 11.1. The number of para-hydroxylation sites is 1. The number of hydrogen-bond acceptors (Lipinski definition) is 5. The van der Waals surface area contributed by atoms with Crippen molar-refractivity contribution in [1.29, 1.82) is 0 Å². The molecule has 0 unspecified atom stereocenters. The maximum Gasteiger partial charge on any atom is 0.317 e. The van der Waals surface area contributed by atoms with Gasteiger partial charge in [-0.15, -0.1) is 0 Å². The van der Waals surface area contributed by atoms with Crippen LogP contribution in [-0.2, 0) is 11.3 Å². The van der Waals surface area contributed by atoms with Crippen LogP contribution in [0.2, 0.25) is 0 Å². The second-order valence-corrected chi connectivity index (χ2v) is 9.45. The molecule has 0 aromatic heterocycles. The molecule has 2 atom stereocenters. The summed E-state index contributed by atoms with van der Waals surface area (Å²) < 4.78 is 16.3. The lowest BCUT2D eigenvalue weighted by Gasteiger charge is -2.25. The van der Waals surface area contributed by atoms with E-state index >= 15 is 0 Å². The van der Waals surface area contributed by atoms with Gasteiger partial charge in [0.2, 0.25) is 12.7 Å². The van der Waals surface area contributed by atoms with Crippen molar-refractivity contribution in [2.24, 2.45) is 5.92 Å². The summed E-state index contributed by atoms with van der Waals surface area (Å²) in [5.74, 6) is 1.42. The van der Waals surface area contributed by atoms with Crippen molar-refractivity contribution in [3.63, 3.8) is 0 Å². The average Bonchev–Trinajstić information content (AvgIpc) is 3.43. The van der Waals surface area contributed by atoms with Gasteiger partial charge in [-0.1, -0.05) is 24.3 Å². The average molecular weight is 454 g/mol. The predicted molar refractivity (Wildman–Crippen MR) is 123 cm³/mol. The van der Waals surface area contributed by atoms with Crippen LogP contribution < -0.4 is 24.8 Å². The van der Waals surface area contributed by atoms with E-state index in [1.165, 1.54) is 0 Å². The van der Waals surface area contributed by atoms with E-state index in [2.05, 4.69) is 10.6 Å². The molecular formula is C25H31N3O5. The number of urea groups is 1. The number of benzene rings is 2. The van der Waals surface area contributed by atoms with Crippen molar-refractivity contribution in [3.8, 4) is 17.2 Å². The van der Waals surface area contributed by atoms with Crippen molar-refractivity contribution in [3.05, 3.63) is 53.6 Å². The Hall–Kier alpha value is -3.42. The van der Waals surface area contributed by atoms with E-state index in [1.807, 2.05) is 63.2 Å². The van der Waals surface area contributed by atoms with Crippen molar-refractivity contribution < 1.29 is 23.8 Å². The van der Waals surface area contributed by atoms with Crippen molar-refractivity contribution in [1.82, 2.24) is 15.5 Å². The Labute approximate surface area is 194 Å². The van der Waals surface area contributed by atoms with E-state index in [9.17, 15) is 9.59 Å². The highest BCUT2D eigenvalue weighted by molar-refractivity contribution is 5.83. The molecule has 33 heavy (non-hydrogen) atoms. The maximum atomic E-state index is 13.3. The molecule has 0 radical (unpaired) electrons. The molecule has 2 aliphatic heterocycles. The number of hydrogen-bond donors (Lipinski definition) is 2. The zero-order chi connectivity index (χ0) is 23.6. The van der Waals surface area contributed by atoms with Crippen LogP contribution in [0.15, 0.2) is 42.5 Å². The molecule has 0 saturated carbocycles. The predicted octanol–water partition coefficient (Wildman–Crippen LogP) is 3.26. The minimum absolute atomic E-state index is 0.102. The van der Waals surface area contributed by atoms with Crippen LogP contribution in [0.5, 0.6) is 17.2 Å². The highest BCUT2D eigenvalue weighted by Crippen LogP contribution is 2.38. The summed E-state index contributed by atoms with van der Waals surface area (Å²) in [5, 5.41) is 6.04. The first-order valence-electron chi connectivity index (χ1n) is 11.1. The number of fused-ring (bicyclic) bond motifs is 1. The van der Waals surface area contributed by atoms with E-state index in [1.54, 1.807) is 12.0 Å². The van der Waals surface area contributed by atoms with Gasteiger partial charge in [0, 0.05) is 31.1 Å². The molecule has 8 heteroatoms. The highest BCUT2D eigenvalue weighted by Gasteiger charge is 2.42. The Morgan fingerprint density at radius 3 is 2.61 bits per heavy atom. The van der Waals surface area contributed by atoms with Crippen LogP contribution in [0, 0.1) is 5.92 Å². The number of methoxy groups -OCH3 is 1. The zero-order valence-corrected chi connectivity index (χ0v) is 19.5. The molecule has 1 saturated heterocycles. The van der Waals surface area contributed by atoms with Gasteiger partial charge in [0.25, 0.3) is 0 Å². The molecule has 176 valence electrons. The fraction of sp³-hybridized carbons (Fsp3) is 0.440. The summed E-state index contributed by atoms with van der Waals surface area (Å²) in [5.41, 5.74) is 1.48. The monoisotopic (exact) mass is 453 g/mol. The molecule has 0 spiro atoms. The number of ether oxygens (including phenoxy) is 3. The second kappa shape index (κ2) is 9.21. The lowest BCUT2D eigenvalue weighted by molar-refractivity contribution is -0.125. The summed E-state index contributed by atoms with van der Waals surface area (Å²) in [4.78, 5) is 27.9. The largest absolute Gasteiger partial charge is 0.496 e. The van der Waals surface area contributed by atoms with E-state index in [-0.39, 0.29) is 30.2 Å². The van der Waals surface area contributed by atoms with E-state index in [4.69, 9.17) is 14.2 Å². The lowest BCUT2D eigenvalue weighted by atomic mass is 9.87. The molecule has 2 aromatic carbocycles. The van der Waals surface area contributed by atoms with Gasteiger partial charge in [-0.2, -0.15) is 0 Å². The molecule has 2 heterocycles. The van der Waals surface area contributed by atoms with Crippen LogP contribution in [0.4, 0.5) is 4.79 Å². The third-order valence-electron chi connectivity index (χ3n) is 5.87. The number of amides is 3. The molecule has 2 aromatic rings. The Morgan fingerprint density at radius 1 is 1.09 bits per heavy atom. The molecule has 3 amide bonds. The molecule has 0 bridgehead atoms. The van der Waals surface area contributed by atoms with Crippen molar-refractivity contribution in [2.75, 3.05) is 27.0 Å². The topological polar surface area (TPSA) is 89.1 Å². The number of rotatable bonds is 5. The number of carbonyl (C=O) groups is 2. The third kappa shape index (κ3) is 5.16. The summed E-state index contributed by atoms with van der Waals surface area (Å²) in [6.45, 7) is 7.15. The van der Waals surface area contributed by atoms with Gasteiger partial charge in [-0.25, -0.2) is 4.79 Å². The quantitative estimate of drug-likeness (QED) is 0.726. The summed E-state index contributed by atoms with van der Waals surface area (Å²) in [6.07, 6.45) is 0. The summed E-state index contributed by atoms with van der Waals surface area (Å²) >= 11 is 0. The molecular weight excluding hydrogens is 422 g/mol. The Kier molecular flexibility index (Phi) is 6.35. The second-order valence-electron chi connectivity index (χ2n) is 9.45. The van der Waals surface area contributed by atoms with E-state index in [0.717, 1.165) is 11.1 Å². The SMILES string of the molecule is COc1ccccc1[C@H]1CN(C(=O)NC(C)(C)C)C[C@H]1C(=O)NCc1ccc2c(c1)OCO2. The fourth-order valence-corrected chi connectivity index (χ4v) is 4.29. The van der Waals surface area contributed by atoms with Gasteiger partial charge in [0.05, 0.1) is 13.0 Å². The molecule has 2 N–H and O–H groups in total. The lowest BCUT2D eigenvalue weighted by Crippen LogP contribution is -2.48. The smallest absolute Gasteiger partial charge is 0.317 e. The fourth-order valence-electron chi connectivity index (χ4n) is 4.29. The summed E-state index contributed by atoms with van der Waals surface area (Å²) in [6, 6.07) is 13.1. The van der Waals surface area contributed by atoms with Gasteiger partial charge < -0.3 is 29.7 Å². The Morgan fingerprint density at radius 2 is 1.85 bits per heavy atom. The molecule has 0 aliphatic carbocycles. The number of nitrogens with one attached hydrogen (secondary N) is 2. The van der Waals surface area contributed by atoms with Crippen LogP contribution >= 0.6 is 0 Å². The van der Waals surface area contributed by atoms with E-state index < -0.39 is 5.92 Å². The maximum absolute atomic E-state index is 13.3. The Balaban J connectivity index is 1.52. The van der Waals surface area contributed by atoms with Crippen LogP contribution in [0.25, 0.3) is 0 Å². The van der Waals surface area contributed by atoms with Crippen LogP contribution in [0.3, 0.4) is 0 Å². The van der Waals surface area contributed by atoms with Crippen LogP contribution in [0.1, 0.15) is 37.8 Å². The number of nitrogens with zero attached hydrogens (tertiary/aromatic N) is 1. The number of likely N-dealkylation sites (tertiary alicyclic amines) is 1. The summed E-state index contributed by atoms with van der Waals surface area (Å²) in [7, 11) is 1.62.